The maximum absolute atomic E-state index is 6.35. The second-order valence-corrected chi connectivity index (χ2v) is 7.02. The van der Waals surface area contributed by atoms with Crippen LogP contribution in [0.2, 0.25) is 0 Å². The molecule has 0 radical (unpaired) electrons. The molecule has 0 bridgehead atoms. The number of hydrogen-bond acceptors (Lipinski definition) is 2. The van der Waals surface area contributed by atoms with Gasteiger partial charge in [-0.2, -0.15) is 0 Å². The SMILES string of the molecule is Cc1cccc2c1oc1c(-c3cccc4c3oc3ccccc34)cccc12. The van der Waals surface area contributed by atoms with Gasteiger partial charge in [0.05, 0.1) is 0 Å². The van der Waals surface area contributed by atoms with Crippen LogP contribution in [0.3, 0.4) is 0 Å². The zero-order valence-corrected chi connectivity index (χ0v) is 14.8. The van der Waals surface area contributed by atoms with Crippen LogP contribution in [-0.2, 0) is 0 Å². The Bertz CT molecular complexity index is 1480. The highest BCUT2D eigenvalue weighted by Crippen LogP contribution is 2.41. The Labute approximate surface area is 155 Å². The van der Waals surface area contributed by atoms with Gasteiger partial charge in [0.15, 0.2) is 0 Å². The number of benzene rings is 4. The van der Waals surface area contributed by atoms with Crippen LogP contribution in [0.25, 0.3) is 55.0 Å². The summed E-state index contributed by atoms with van der Waals surface area (Å²) in [6.07, 6.45) is 0. The monoisotopic (exact) mass is 348 g/mol. The second kappa shape index (κ2) is 5.24. The Kier molecular flexibility index (Phi) is 2.84. The lowest BCUT2D eigenvalue weighted by Crippen LogP contribution is -1.80. The van der Waals surface area contributed by atoms with Crippen LogP contribution in [-0.4, -0.2) is 0 Å². The van der Waals surface area contributed by atoms with E-state index >= 15 is 0 Å². The molecule has 27 heavy (non-hydrogen) atoms. The minimum Gasteiger partial charge on any atom is -0.455 e. The average Bonchev–Trinajstić information content (AvgIpc) is 3.27. The molecule has 0 amide bonds. The third-order valence-electron chi connectivity index (χ3n) is 5.42. The summed E-state index contributed by atoms with van der Waals surface area (Å²) in [5.74, 6) is 0. The fourth-order valence-electron chi connectivity index (χ4n) is 4.13. The van der Waals surface area contributed by atoms with E-state index in [1.807, 2.05) is 18.2 Å². The summed E-state index contributed by atoms with van der Waals surface area (Å²) in [5.41, 5.74) is 6.96. The van der Waals surface area contributed by atoms with E-state index in [1.165, 1.54) is 0 Å². The van der Waals surface area contributed by atoms with Gasteiger partial charge in [0.1, 0.15) is 22.3 Å². The van der Waals surface area contributed by atoms with Gasteiger partial charge in [-0.3, -0.25) is 0 Å². The van der Waals surface area contributed by atoms with Crippen molar-refractivity contribution in [2.75, 3.05) is 0 Å². The number of para-hydroxylation sites is 4. The smallest absolute Gasteiger partial charge is 0.143 e. The molecule has 2 heteroatoms. The average molecular weight is 348 g/mol. The zero-order chi connectivity index (χ0) is 18.0. The minimum absolute atomic E-state index is 0.906. The Balaban J connectivity index is 1.76. The van der Waals surface area contributed by atoms with Gasteiger partial charge < -0.3 is 8.83 Å². The highest BCUT2D eigenvalue weighted by atomic mass is 16.3. The van der Waals surface area contributed by atoms with Crippen LogP contribution >= 0.6 is 0 Å². The topological polar surface area (TPSA) is 26.3 Å². The molecule has 0 aliphatic rings. The summed E-state index contributed by atoms with van der Waals surface area (Å²) in [4.78, 5) is 0. The molecule has 0 saturated carbocycles. The number of rotatable bonds is 1. The van der Waals surface area contributed by atoms with E-state index in [2.05, 4.69) is 67.6 Å². The molecular weight excluding hydrogens is 332 g/mol. The Morgan fingerprint density at radius 1 is 0.481 bits per heavy atom. The summed E-state index contributed by atoms with van der Waals surface area (Å²) in [5, 5.41) is 4.57. The molecule has 128 valence electrons. The first kappa shape index (κ1) is 14.6. The molecule has 0 fully saturated rings. The predicted octanol–water partition coefficient (Wildman–Crippen LogP) is 7.46. The lowest BCUT2D eigenvalue weighted by Gasteiger charge is -2.03. The largest absolute Gasteiger partial charge is 0.455 e. The van der Waals surface area contributed by atoms with Gasteiger partial charge >= 0.3 is 0 Å². The van der Waals surface area contributed by atoms with Gasteiger partial charge in [0.25, 0.3) is 0 Å². The van der Waals surface area contributed by atoms with Crippen molar-refractivity contribution in [3.05, 3.63) is 84.4 Å². The minimum atomic E-state index is 0.906. The molecular formula is C25H16O2. The van der Waals surface area contributed by atoms with Crippen LogP contribution in [0.4, 0.5) is 0 Å². The van der Waals surface area contributed by atoms with Gasteiger partial charge in [0.2, 0.25) is 0 Å². The first-order chi connectivity index (χ1) is 13.3. The summed E-state index contributed by atoms with van der Waals surface area (Å²) < 4.78 is 12.6. The zero-order valence-electron chi connectivity index (χ0n) is 14.8. The molecule has 0 atom stereocenters. The van der Waals surface area contributed by atoms with Crippen molar-refractivity contribution in [3.8, 4) is 11.1 Å². The van der Waals surface area contributed by atoms with Crippen molar-refractivity contribution in [2.45, 2.75) is 6.92 Å². The van der Waals surface area contributed by atoms with Crippen LogP contribution in [0, 0.1) is 6.92 Å². The first-order valence-corrected chi connectivity index (χ1v) is 9.13. The number of fused-ring (bicyclic) bond motifs is 6. The van der Waals surface area contributed by atoms with Crippen LogP contribution in [0.15, 0.2) is 87.7 Å². The van der Waals surface area contributed by atoms with Gasteiger partial charge in [-0.15, -0.1) is 0 Å². The normalized spacial score (nSPS) is 11.9. The van der Waals surface area contributed by atoms with Crippen molar-refractivity contribution in [3.63, 3.8) is 0 Å². The lowest BCUT2D eigenvalue weighted by atomic mass is 10.00. The second-order valence-electron chi connectivity index (χ2n) is 7.02. The van der Waals surface area contributed by atoms with Gasteiger partial charge in [-0.25, -0.2) is 0 Å². The highest BCUT2D eigenvalue weighted by molar-refractivity contribution is 6.15. The standard InChI is InChI=1S/C25H16O2/c1-15-7-4-9-18-19-11-6-13-21(25(19)27-23(15)18)20-12-5-10-17-16-8-2-3-14-22(16)26-24(17)20/h2-14H,1H3. The van der Waals surface area contributed by atoms with Crippen molar-refractivity contribution < 1.29 is 8.83 Å². The van der Waals surface area contributed by atoms with Gasteiger partial charge in [-0.1, -0.05) is 72.8 Å². The van der Waals surface area contributed by atoms with Crippen molar-refractivity contribution in [2.24, 2.45) is 0 Å². The molecule has 0 N–H and O–H groups in total. The van der Waals surface area contributed by atoms with Crippen LogP contribution < -0.4 is 0 Å². The molecule has 0 saturated heterocycles. The van der Waals surface area contributed by atoms with E-state index in [1.54, 1.807) is 0 Å². The maximum Gasteiger partial charge on any atom is 0.143 e. The highest BCUT2D eigenvalue weighted by Gasteiger charge is 2.17. The molecule has 2 heterocycles. The predicted molar refractivity (Wildman–Crippen MR) is 111 cm³/mol. The molecule has 2 nitrogen and oxygen atoms in total. The van der Waals surface area contributed by atoms with Crippen molar-refractivity contribution in [1.82, 2.24) is 0 Å². The van der Waals surface area contributed by atoms with Gasteiger partial charge in [0, 0.05) is 32.7 Å². The molecule has 2 aromatic heterocycles. The summed E-state index contributed by atoms with van der Waals surface area (Å²) in [7, 11) is 0. The van der Waals surface area contributed by atoms with E-state index in [9.17, 15) is 0 Å². The number of hydrogen-bond donors (Lipinski definition) is 0. The first-order valence-electron chi connectivity index (χ1n) is 9.13. The maximum atomic E-state index is 6.35. The number of furan rings is 2. The van der Waals surface area contributed by atoms with Crippen LogP contribution in [0.1, 0.15) is 5.56 Å². The molecule has 0 aliphatic heterocycles. The van der Waals surface area contributed by atoms with E-state index in [-0.39, 0.29) is 0 Å². The quantitative estimate of drug-likeness (QED) is 0.308. The Hall–Kier alpha value is -3.52. The lowest BCUT2D eigenvalue weighted by molar-refractivity contribution is 0.663. The summed E-state index contributed by atoms with van der Waals surface area (Å²) in [6.45, 7) is 2.09. The fraction of sp³-hybridized carbons (Fsp3) is 0.0400. The molecule has 0 unspecified atom stereocenters. The van der Waals surface area contributed by atoms with Crippen LogP contribution in [0.5, 0.6) is 0 Å². The van der Waals surface area contributed by atoms with Gasteiger partial charge in [-0.05, 0) is 18.6 Å². The van der Waals surface area contributed by atoms with E-state index in [0.29, 0.717) is 0 Å². The van der Waals surface area contributed by atoms with E-state index < -0.39 is 0 Å². The van der Waals surface area contributed by atoms with Crippen molar-refractivity contribution >= 4 is 43.9 Å². The van der Waals surface area contributed by atoms with E-state index in [4.69, 9.17) is 8.83 Å². The Morgan fingerprint density at radius 2 is 1.04 bits per heavy atom. The fourth-order valence-corrected chi connectivity index (χ4v) is 4.13. The third-order valence-corrected chi connectivity index (χ3v) is 5.42. The molecule has 6 rings (SSSR count). The molecule has 0 spiro atoms. The Morgan fingerprint density at radius 3 is 1.81 bits per heavy atom. The summed E-state index contributed by atoms with van der Waals surface area (Å²) in [6, 6.07) is 27.1. The molecule has 6 aromatic rings. The molecule has 0 aliphatic carbocycles. The van der Waals surface area contributed by atoms with Crippen molar-refractivity contribution in [1.29, 1.82) is 0 Å². The molecule has 4 aromatic carbocycles. The van der Waals surface area contributed by atoms with E-state index in [0.717, 1.165) is 60.6 Å². The number of aryl methyl sites for hydroxylation is 1. The third kappa shape index (κ3) is 1.95. The summed E-state index contributed by atoms with van der Waals surface area (Å²) >= 11 is 0.